The van der Waals surface area contributed by atoms with Crippen molar-refractivity contribution in [3.8, 4) is 16.9 Å². The number of halogens is 1. The van der Waals surface area contributed by atoms with Crippen LogP contribution in [0.2, 0.25) is 5.02 Å². The molecular formula is C15H12ClN3S. The van der Waals surface area contributed by atoms with Crippen molar-refractivity contribution >= 4 is 22.9 Å². The van der Waals surface area contributed by atoms with E-state index in [1.165, 1.54) is 11.3 Å². The van der Waals surface area contributed by atoms with Crippen molar-refractivity contribution in [1.29, 1.82) is 0 Å². The highest BCUT2D eigenvalue weighted by Gasteiger charge is 2.09. The second-order valence-electron chi connectivity index (χ2n) is 4.21. The Kier molecular flexibility index (Phi) is 3.58. The smallest absolute Gasteiger partial charge is 0.212 e. The van der Waals surface area contributed by atoms with Gasteiger partial charge >= 0.3 is 0 Å². The Morgan fingerprint density at radius 3 is 2.35 bits per heavy atom. The fourth-order valence-corrected chi connectivity index (χ4v) is 3.00. The largest absolute Gasteiger partial charge is 0.320 e. The maximum atomic E-state index is 5.95. The number of nitrogens with zero attached hydrogens (tertiary/aromatic N) is 2. The second kappa shape index (κ2) is 5.53. The molecule has 0 aliphatic heterocycles. The van der Waals surface area contributed by atoms with Gasteiger partial charge in [0.1, 0.15) is 0 Å². The summed E-state index contributed by atoms with van der Waals surface area (Å²) in [6.07, 6.45) is 0. The molecule has 0 aliphatic rings. The lowest BCUT2D eigenvalue weighted by molar-refractivity contribution is 0.971. The first-order chi connectivity index (χ1) is 9.79. The number of thiazole rings is 1. The molecule has 2 aromatic carbocycles. The second-order valence-corrected chi connectivity index (χ2v) is 5.48. The van der Waals surface area contributed by atoms with Crippen molar-refractivity contribution in [2.45, 2.75) is 0 Å². The van der Waals surface area contributed by atoms with Gasteiger partial charge < -0.3 is 5.84 Å². The molecule has 0 radical (unpaired) electrons. The molecule has 0 saturated heterocycles. The third-order valence-corrected chi connectivity index (χ3v) is 4.06. The minimum Gasteiger partial charge on any atom is -0.320 e. The summed E-state index contributed by atoms with van der Waals surface area (Å²) in [7, 11) is 0. The zero-order valence-corrected chi connectivity index (χ0v) is 12.1. The first kappa shape index (κ1) is 13.0. The van der Waals surface area contributed by atoms with Gasteiger partial charge in [0.25, 0.3) is 0 Å². The molecule has 5 heteroatoms. The third kappa shape index (κ3) is 2.35. The van der Waals surface area contributed by atoms with E-state index in [1.807, 2.05) is 64.5 Å². The van der Waals surface area contributed by atoms with Gasteiger partial charge in [0.05, 0.1) is 5.69 Å². The van der Waals surface area contributed by atoms with Crippen LogP contribution in [0.1, 0.15) is 0 Å². The van der Waals surface area contributed by atoms with Crippen LogP contribution in [0.3, 0.4) is 0 Å². The van der Waals surface area contributed by atoms with Crippen molar-refractivity contribution < 1.29 is 0 Å². The van der Waals surface area contributed by atoms with E-state index in [9.17, 15) is 0 Å². The van der Waals surface area contributed by atoms with Crippen LogP contribution in [0.5, 0.6) is 0 Å². The number of benzene rings is 2. The van der Waals surface area contributed by atoms with Crippen molar-refractivity contribution in [2.75, 3.05) is 0 Å². The zero-order valence-electron chi connectivity index (χ0n) is 10.5. The van der Waals surface area contributed by atoms with Gasteiger partial charge in [-0.2, -0.15) is 5.10 Å². The monoisotopic (exact) mass is 301 g/mol. The molecule has 0 saturated carbocycles. The molecule has 3 nitrogen and oxygen atoms in total. The molecule has 1 heterocycles. The summed E-state index contributed by atoms with van der Waals surface area (Å²) in [5.41, 5.74) is 3.15. The van der Waals surface area contributed by atoms with Crippen LogP contribution in [0, 0.1) is 0 Å². The summed E-state index contributed by atoms with van der Waals surface area (Å²) < 4.78 is 2.04. The molecule has 0 fully saturated rings. The average molecular weight is 302 g/mol. The Bertz CT molecular complexity index is 773. The van der Waals surface area contributed by atoms with Crippen LogP contribution in [-0.2, 0) is 0 Å². The fourth-order valence-electron chi connectivity index (χ4n) is 2.05. The Morgan fingerprint density at radius 2 is 1.70 bits per heavy atom. The molecule has 3 rings (SSSR count). The van der Waals surface area contributed by atoms with E-state index >= 15 is 0 Å². The van der Waals surface area contributed by atoms with E-state index in [0.717, 1.165) is 26.8 Å². The molecule has 3 aromatic rings. The predicted octanol–water partition coefficient (Wildman–Crippen LogP) is 3.63. The standard InChI is InChI=1S/C15H12ClN3S/c16-12-8-6-11(7-9-12)14-10-20-15(18-17)19(14)13-4-2-1-3-5-13/h1-10H,17H2. The summed E-state index contributed by atoms with van der Waals surface area (Å²) in [6, 6.07) is 17.8. The van der Waals surface area contributed by atoms with Crippen LogP contribution in [0.4, 0.5) is 0 Å². The molecular weight excluding hydrogens is 290 g/mol. The van der Waals surface area contributed by atoms with E-state index < -0.39 is 0 Å². The summed E-state index contributed by atoms with van der Waals surface area (Å²) in [5.74, 6) is 5.50. The molecule has 0 amide bonds. The first-order valence-corrected chi connectivity index (χ1v) is 7.31. The van der Waals surface area contributed by atoms with Gasteiger partial charge in [0.2, 0.25) is 4.80 Å². The van der Waals surface area contributed by atoms with E-state index in [4.69, 9.17) is 17.4 Å². The van der Waals surface area contributed by atoms with Crippen LogP contribution < -0.4 is 10.6 Å². The van der Waals surface area contributed by atoms with Crippen molar-refractivity contribution in [3.63, 3.8) is 0 Å². The molecule has 2 N–H and O–H groups in total. The van der Waals surface area contributed by atoms with Gasteiger partial charge in [-0.3, -0.25) is 4.57 Å². The summed E-state index contributed by atoms with van der Waals surface area (Å²) in [5, 5.41) is 6.63. The lowest BCUT2D eigenvalue weighted by Gasteiger charge is -2.08. The van der Waals surface area contributed by atoms with E-state index in [2.05, 4.69) is 5.10 Å². The van der Waals surface area contributed by atoms with Gasteiger partial charge in [0, 0.05) is 16.1 Å². The van der Waals surface area contributed by atoms with E-state index in [0.29, 0.717) is 0 Å². The van der Waals surface area contributed by atoms with Gasteiger partial charge in [0.15, 0.2) is 0 Å². The molecule has 20 heavy (non-hydrogen) atoms. The molecule has 0 bridgehead atoms. The number of para-hydroxylation sites is 1. The molecule has 0 atom stereocenters. The summed E-state index contributed by atoms with van der Waals surface area (Å²) in [4.78, 5) is 0.751. The molecule has 0 aliphatic carbocycles. The summed E-state index contributed by atoms with van der Waals surface area (Å²) >= 11 is 7.45. The maximum absolute atomic E-state index is 5.95. The quantitative estimate of drug-likeness (QED) is 0.570. The summed E-state index contributed by atoms with van der Waals surface area (Å²) in [6.45, 7) is 0. The lowest BCUT2D eigenvalue weighted by atomic mass is 10.1. The minimum absolute atomic E-state index is 0.721. The Labute approximate surface area is 125 Å². The fraction of sp³-hybridized carbons (Fsp3) is 0. The molecule has 1 aromatic heterocycles. The number of hydrogen-bond donors (Lipinski definition) is 1. The van der Waals surface area contributed by atoms with Gasteiger partial charge in [-0.15, -0.1) is 11.3 Å². The molecule has 0 unspecified atom stereocenters. The Hall–Kier alpha value is -2.04. The predicted molar refractivity (Wildman–Crippen MR) is 83.8 cm³/mol. The van der Waals surface area contributed by atoms with E-state index in [-0.39, 0.29) is 0 Å². The van der Waals surface area contributed by atoms with Crippen LogP contribution in [0.15, 0.2) is 65.1 Å². The Morgan fingerprint density at radius 1 is 1.00 bits per heavy atom. The lowest BCUT2D eigenvalue weighted by Crippen LogP contribution is -2.15. The van der Waals surface area contributed by atoms with Crippen LogP contribution in [0.25, 0.3) is 16.9 Å². The highest BCUT2D eigenvalue weighted by atomic mass is 35.5. The van der Waals surface area contributed by atoms with Crippen LogP contribution >= 0.6 is 22.9 Å². The SMILES string of the molecule is NN=c1scc(-c2ccc(Cl)cc2)n1-c1ccccc1. The zero-order chi connectivity index (χ0) is 13.9. The minimum atomic E-state index is 0.721. The topological polar surface area (TPSA) is 43.3 Å². The highest BCUT2D eigenvalue weighted by Crippen LogP contribution is 2.24. The number of nitrogens with two attached hydrogens (primary N) is 1. The average Bonchev–Trinajstić information content (AvgIpc) is 2.93. The van der Waals surface area contributed by atoms with Gasteiger partial charge in [-0.1, -0.05) is 41.9 Å². The highest BCUT2D eigenvalue weighted by molar-refractivity contribution is 7.07. The number of hydrogen-bond acceptors (Lipinski definition) is 3. The normalized spacial score (nSPS) is 11.8. The van der Waals surface area contributed by atoms with Gasteiger partial charge in [-0.05, 0) is 29.8 Å². The molecule has 100 valence electrons. The maximum Gasteiger partial charge on any atom is 0.212 e. The number of rotatable bonds is 2. The van der Waals surface area contributed by atoms with Crippen molar-refractivity contribution in [2.24, 2.45) is 10.9 Å². The first-order valence-electron chi connectivity index (χ1n) is 6.05. The molecule has 0 spiro atoms. The van der Waals surface area contributed by atoms with Crippen molar-refractivity contribution in [3.05, 3.63) is 69.8 Å². The van der Waals surface area contributed by atoms with E-state index in [1.54, 1.807) is 0 Å². The van der Waals surface area contributed by atoms with Crippen molar-refractivity contribution in [1.82, 2.24) is 4.57 Å². The van der Waals surface area contributed by atoms with Gasteiger partial charge in [-0.25, -0.2) is 0 Å². The Balaban J connectivity index is 2.23. The van der Waals surface area contributed by atoms with Crippen LogP contribution in [-0.4, -0.2) is 4.57 Å². The third-order valence-electron chi connectivity index (χ3n) is 2.97. The number of aromatic nitrogens is 1.